The van der Waals surface area contributed by atoms with E-state index in [-0.39, 0.29) is 19.2 Å². The minimum atomic E-state index is -0.399. The van der Waals surface area contributed by atoms with Crippen molar-refractivity contribution >= 4 is 18.0 Å². The summed E-state index contributed by atoms with van der Waals surface area (Å²) in [5.74, 6) is 0.823. The molecule has 0 atom stereocenters. The predicted octanol–water partition coefficient (Wildman–Crippen LogP) is 7.05. The lowest BCUT2D eigenvalue weighted by Gasteiger charge is -2.09. The molecule has 3 aromatic rings. The zero-order valence-electron chi connectivity index (χ0n) is 22.5. The highest BCUT2D eigenvalue weighted by atomic mass is 16.6. The number of unbranched alkanes of at least 4 members (excludes halogenated alkanes) is 3. The molecule has 3 aromatic carbocycles. The van der Waals surface area contributed by atoms with Crippen molar-refractivity contribution in [3.8, 4) is 22.6 Å². The lowest BCUT2D eigenvalue weighted by Crippen LogP contribution is -2.10. The number of benzene rings is 3. The molecule has 39 heavy (non-hydrogen) atoms. The van der Waals surface area contributed by atoms with Gasteiger partial charge in [-0.3, -0.25) is 0 Å². The molecular formula is C33H36O6. The van der Waals surface area contributed by atoms with Crippen LogP contribution < -0.4 is 9.47 Å². The third-order valence-electron chi connectivity index (χ3n) is 5.74. The van der Waals surface area contributed by atoms with Crippen LogP contribution in [0.15, 0.2) is 97.1 Å². The summed E-state index contributed by atoms with van der Waals surface area (Å²) in [7, 11) is 0. The van der Waals surface area contributed by atoms with Crippen molar-refractivity contribution in [3.05, 3.63) is 103 Å². The second-order valence-electron chi connectivity index (χ2n) is 8.99. The molecule has 0 fully saturated rings. The molecule has 0 saturated heterocycles. The Morgan fingerprint density at radius 1 is 0.667 bits per heavy atom. The van der Waals surface area contributed by atoms with Crippen LogP contribution in [0.5, 0.6) is 11.5 Å². The third kappa shape index (κ3) is 11.3. The molecule has 0 aliphatic heterocycles. The van der Waals surface area contributed by atoms with Gasteiger partial charge in [-0.05, 0) is 79.6 Å². The second-order valence-corrected chi connectivity index (χ2v) is 8.99. The van der Waals surface area contributed by atoms with Gasteiger partial charge < -0.3 is 18.9 Å². The van der Waals surface area contributed by atoms with Gasteiger partial charge in [0.2, 0.25) is 0 Å². The first kappa shape index (κ1) is 29.2. The summed E-state index contributed by atoms with van der Waals surface area (Å²) in [4.78, 5) is 23.1. The monoisotopic (exact) mass is 528 g/mol. The van der Waals surface area contributed by atoms with Gasteiger partial charge in [0.15, 0.2) is 0 Å². The van der Waals surface area contributed by atoms with Gasteiger partial charge in [-0.15, -0.1) is 0 Å². The molecule has 3 rings (SSSR count). The fraction of sp³-hybridized carbons (Fsp3) is 0.273. The van der Waals surface area contributed by atoms with Crippen molar-refractivity contribution in [2.45, 2.75) is 32.6 Å². The third-order valence-corrected chi connectivity index (χ3v) is 5.74. The molecule has 0 N–H and O–H groups in total. The van der Waals surface area contributed by atoms with Crippen LogP contribution in [0.4, 0.5) is 0 Å². The topological polar surface area (TPSA) is 71.1 Å². The zero-order chi connectivity index (χ0) is 27.7. The Hall–Kier alpha value is -4.32. The maximum atomic E-state index is 11.8. The standard InChI is InChI=1S/C33H36O6/c1-26(2)33(35)39-23-9-4-3-8-22-36-30-17-13-28(14-18-30)29-15-19-31(20-16-29)37-24-25-38-32(34)21-12-27-10-6-5-7-11-27/h5-7,10-21H,1,3-4,8-9,22-25H2,2H3/b21-12+. The Labute approximate surface area is 230 Å². The summed E-state index contributed by atoms with van der Waals surface area (Å²) in [6, 6.07) is 25.4. The van der Waals surface area contributed by atoms with Crippen LogP contribution in [0, 0.1) is 0 Å². The van der Waals surface area contributed by atoms with Crippen molar-refractivity contribution < 1.29 is 28.5 Å². The van der Waals surface area contributed by atoms with Gasteiger partial charge in [-0.25, -0.2) is 9.59 Å². The molecule has 6 nitrogen and oxygen atoms in total. The number of hydrogen-bond acceptors (Lipinski definition) is 6. The maximum Gasteiger partial charge on any atom is 0.333 e. The van der Waals surface area contributed by atoms with Crippen molar-refractivity contribution in [2.75, 3.05) is 26.4 Å². The lowest BCUT2D eigenvalue weighted by molar-refractivity contribution is -0.139. The van der Waals surface area contributed by atoms with E-state index in [0.29, 0.717) is 24.5 Å². The Balaban J connectivity index is 1.29. The smallest absolute Gasteiger partial charge is 0.333 e. The van der Waals surface area contributed by atoms with E-state index in [0.717, 1.165) is 48.1 Å². The van der Waals surface area contributed by atoms with Gasteiger partial charge in [0.05, 0.1) is 13.2 Å². The van der Waals surface area contributed by atoms with Gasteiger partial charge in [-0.2, -0.15) is 0 Å². The van der Waals surface area contributed by atoms with Crippen molar-refractivity contribution in [2.24, 2.45) is 0 Å². The minimum absolute atomic E-state index is 0.173. The average Bonchev–Trinajstić information content (AvgIpc) is 2.96. The van der Waals surface area contributed by atoms with E-state index in [9.17, 15) is 9.59 Å². The van der Waals surface area contributed by atoms with E-state index in [1.807, 2.05) is 78.9 Å². The van der Waals surface area contributed by atoms with Crippen LogP contribution in [0.1, 0.15) is 38.2 Å². The van der Waals surface area contributed by atoms with E-state index in [2.05, 4.69) is 6.58 Å². The number of rotatable bonds is 16. The van der Waals surface area contributed by atoms with Gasteiger partial charge in [-0.1, -0.05) is 61.2 Å². The van der Waals surface area contributed by atoms with Crippen molar-refractivity contribution in [1.29, 1.82) is 0 Å². The highest BCUT2D eigenvalue weighted by molar-refractivity contribution is 5.87. The molecule has 0 spiro atoms. The first-order chi connectivity index (χ1) is 19.0. The Morgan fingerprint density at radius 2 is 1.23 bits per heavy atom. The molecule has 0 radical (unpaired) electrons. The number of ether oxygens (including phenoxy) is 4. The van der Waals surface area contributed by atoms with Crippen LogP contribution in [0.3, 0.4) is 0 Å². The molecule has 0 unspecified atom stereocenters. The number of carbonyl (C=O) groups excluding carboxylic acids is 2. The maximum absolute atomic E-state index is 11.8. The SMILES string of the molecule is C=C(C)C(=O)OCCCCCCOc1ccc(-c2ccc(OCCOC(=O)/C=C/c3ccccc3)cc2)cc1. The Bertz CT molecular complexity index is 1200. The summed E-state index contributed by atoms with van der Waals surface area (Å²) in [6.45, 7) is 6.75. The molecule has 0 bridgehead atoms. The molecule has 0 amide bonds. The largest absolute Gasteiger partial charge is 0.494 e. The molecule has 0 aromatic heterocycles. The van der Waals surface area contributed by atoms with Crippen LogP contribution in [-0.4, -0.2) is 38.4 Å². The first-order valence-electron chi connectivity index (χ1n) is 13.2. The minimum Gasteiger partial charge on any atom is -0.494 e. The van der Waals surface area contributed by atoms with Crippen molar-refractivity contribution in [1.82, 2.24) is 0 Å². The van der Waals surface area contributed by atoms with Gasteiger partial charge in [0.25, 0.3) is 0 Å². The van der Waals surface area contributed by atoms with E-state index in [1.165, 1.54) is 6.08 Å². The fourth-order valence-corrected chi connectivity index (χ4v) is 3.60. The second kappa shape index (κ2) is 16.5. The van der Waals surface area contributed by atoms with Crippen LogP contribution in [0.25, 0.3) is 17.2 Å². The quantitative estimate of drug-likeness (QED) is 0.113. The van der Waals surface area contributed by atoms with Crippen molar-refractivity contribution in [3.63, 3.8) is 0 Å². The van der Waals surface area contributed by atoms with Crippen LogP contribution >= 0.6 is 0 Å². The molecule has 204 valence electrons. The fourth-order valence-electron chi connectivity index (χ4n) is 3.60. The van der Waals surface area contributed by atoms with Gasteiger partial charge >= 0.3 is 11.9 Å². The summed E-state index contributed by atoms with van der Waals surface area (Å²) in [5, 5.41) is 0. The summed E-state index contributed by atoms with van der Waals surface area (Å²) in [6.07, 6.45) is 6.93. The van der Waals surface area contributed by atoms with E-state index >= 15 is 0 Å². The lowest BCUT2D eigenvalue weighted by atomic mass is 10.1. The van der Waals surface area contributed by atoms with E-state index in [4.69, 9.17) is 18.9 Å². The summed E-state index contributed by atoms with van der Waals surface area (Å²) >= 11 is 0. The molecule has 0 saturated carbocycles. The highest BCUT2D eigenvalue weighted by Crippen LogP contribution is 2.25. The van der Waals surface area contributed by atoms with Crippen LogP contribution in [-0.2, 0) is 19.1 Å². The van der Waals surface area contributed by atoms with Gasteiger partial charge in [0.1, 0.15) is 24.7 Å². The van der Waals surface area contributed by atoms with E-state index < -0.39 is 5.97 Å². The molecule has 0 aliphatic rings. The molecular weight excluding hydrogens is 492 g/mol. The van der Waals surface area contributed by atoms with E-state index in [1.54, 1.807) is 13.0 Å². The molecule has 0 heterocycles. The summed E-state index contributed by atoms with van der Waals surface area (Å²) in [5.41, 5.74) is 3.52. The zero-order valence-corrected chi connectivity index (χ0v) is 22.5. The Morgan fingerprint density at radius 3 is 1.82 bits per heavy atom. The normalized spacial score (nSPS) is 10.7. The average molecular weight is 529 g/mol. The van der Waals surface area contributed by atoms with Gasteiger partial charge in [0, 0.05) is 11.6 Å². The van der Waals surface area contributed by atoms with Crippen LogP contribution in [0.2, 0.25) is 0 Å². The molecule has 0 aliphatic carbocycles. The number of hydrogen-bond donors (Lipinski definition) is 0. The summed E-state index contributed by atoms with van der Waals surface area (Å²) < 4.78 is 21.8. The Kier molecular flexibility index (Phi) is 12.4. The number of carbonyl (C=O) groups is 2. The number of esters is 2. The highest BCUT2D eigenvalue weighted by Gasteiger charge is 2.03. The molecule has 6 heteroatoms. The predicted molar refractivity (Wildman–Crippen MR) is 154 cm³/mol. The first-order valence-corrected chi connectivity index (χ1v) is 13.2.